The third-order valence-corrected chi connectivity index (χ3v) is 5.12. The van der Waals surface area contributed by atoms with Crippen LogP contribution in [-0.2, 0) is 0 Å². The van der Waals surface area contributed by atoms with Crippen molar-refractivity contribution in [2.24, 2.45) is 0 Å². The number of rotatable bonds is 6. The van der Waals surface area contributed by atoms with Gasteiger partial charge in [-0.3, -0.25) is 0 Å². The van der Waals surface area contributed by atoms with Gasteiger partial charge in [-0.2, -0.15) is 13.2 Å². The summed E-state index contributed by atoms with van der Waals surface area (Å²) in [7, 11) is 0. The topological polar surface area (TPSA) is 12.9 Å². The first-order valence-electron chi connectivity index (χ1n) is 7.12. The number of hydrogen-bond acceptors (Lipinski definition) is 2. The number of nitrogens with zero attached hydrogens (tertiary/aromatic N) is 1. The number of pyridine rings is 1. The summed E-state index contributed by atoms with van der Waals surface area (Å²) in [5.41, 5.74) is -0.162. The molecule has 25 heavy (non-hydrogen) atoms. The highest BCUT2D eigenvalue weighted by molar-refractivity contribution is 9.10. The lowest BCUT2D eigenvalue weighted by Crippen LogP contribution is -2.09. The van der Waals surface area contributed by atoms with Crippen molar-refractivity contribution in [1.29, 1.82) is 0 Å². The lowest BCUT2D eigenvalue weighted by atomic mass is 10.0. The van der Waals surface area contributed by atoms with Crippen LogP contribution in [0.5, 0.6) is 0 Å². The van der Waals surface area contributed by atoms with Gasteiger partial charge in [0.1, 0.15) is 10.4 Å². The molecule has 0 amide bonds. The van der Waals surface area contributed by atoms with E-state index in [1.807, 2.05) is 0 Å². The fourth-order valence-electron chi connectivity index (χ4n) is 2.15. The molecule has 0 aliphatic carbocycles. The Morgan fingerprint density at radius 3 is 2.32 bits per heavy atom. The number of thioether (sulfide) groups is 1. The SMILES string of the molecule is Fc1ccc(F)c(C(SCCCC(F)(F)F)c2ccc(Br)nc2)c1F. The summed E-state index contributed by atoms with van der Waals surface area (Å²) >= 11 is 4.04. The zero-order valence-corrected chi connectivity index (χ0v) is 15.0. The van der Waals surface area contributed by atoms with E-state index < -0.39 is 40.9 Å². The molecule has 0 saturated carbocycles. The number of benzene rings is 1. The van der Waals surface area contributed by atoms with Gasteiger partial charge in [0.05, 0.1) is 5.25 Å². The molecule has 0 fully saturated rings. The fourth-order valence-corrected chi connectivity index (χ4v) is 3.64. The summed E-state index contributed by atoms with van der Waals surface area (Å²) in [6.07, 6.45) is -4.17. The first-order chi connectivity index (χ1) is 11.7. The normalized spacial score (nSPS) is 13.1. The second kappa shape index (κ2) is 8.44. The van der Waals surface area contributed by atoms with Crippen molar-refractivity contribution in [2.75, 3.05) is 5.75 Å². The third kappa shape index (κ3) is 5.64. The highest BCUT2D eigenvalue weighted by atomic mass is 79.9. The molecular formula is C16H12BrF6NS. The van der Waals surface area contributed by atoms with Crippen molar-refractivity contribution >= 4 is 27.7 Å². The molecule has 0 N–H and O–H groups in total. The van der Waals surface area contributed by atoms with Gasteiger partial charge in [-0.1, -0.05) is 6.07 Å². The minimum Gasteiger partial charge on any atom is -0.249 e. The molecule has 1 heterocycles. The van der Waals surface area contributed by atoms with Crippen molar-refractivity contribution in [3.63, 3.8) is 0 Å². The summed E-state index contributed by atoms with van der Waals surface area (Å²) in [6, 6.07) is 4.53. The average molecular weight is 444 g/mol. The molecule has 0 aliphatic heterocycles. The van der Waals surface area contributed by atoms with Crippen molar-refractivity contribution in [1.82, 2.24) is 4.98 Å². The Morgan fingerprint density at radius 2 is 1.72 bits per heavy atom. The Labute approximate surface area is 153 Å². The molecule has 1 atom stereocenters. The number of halogens is 7. The Kier molecular flexibility index (Phi) is 6.79. The van der Waals surface area contributed by atoms with Crippen LogP contribution in [0.2, 0.25) is 0 Å². The quantitative estimate of drug-likeness (QED) is 0.221. The van der Waals surface area contributed by atoms with E-state index in [9.17, 15) is 26.3 Å². The lowest BCUT2D eigenvalue weighted by Gasteiger charge is -2.19. The summed E-state index contributed by atoms with van der Waals surface area (Å²) in [5.74, 6) is -3.54. The minimum absolute atomic E-state index is 0.00433. The molecule has 1 aromatic carbocycles. The smallest absolute Gasteiger partial charge is 0.249 e. The molecule has 136 valence electrons. The molecule has 0 saturated heterocycles. The lowest BCUT2D eigenvalue weighted by molar-refractivity contribution is -0.134. The van der Waals surface area contributed by atoms with Crippen LogP contribution in [0.1, 0.15) is 29.2 Å². The third-order valence-electron chi connectivity index (χ3n) is 3.28. The van der Waals surface area contributed by atoms with Gasteiger partial charge < -0.3 is 0 Å². The van der Waals surface area contributed by atoms with Gasteiger partial charge >= 0.3 is 6.18 Å². The van der Waals surface area contributed by atoms with Gasteiger partial charge in [0.25, 0.3) is 0 Å². The Balaban J connectivity index is 2.30. The summed E-state index contributed by atoms with van der Waals surface area (Å²) in [5, 5.41) is -1.01. The summed E-state index contributed by atoms with van der Waals surface area (Å²) < 4.78 is 79.0. The van der Waals surface area contributed by atoms with Crippen molar-refractivity contribution < 1.29 is 26.3 Å². The van der Waals surface area contributed by atoms with Crippen LogP contribution >= 0.6 is 27.7 Å². The number of alkyl halides is 3. The van der Waals surface area contributed by atoms with Crippen LogP contribution in [0.15, 0.2) is 35.1 Å². The molecule has 2 aromatic rings. The zero-order valence-electron chi connectivity index (χ0n) is 12.6. The zero-order chi connectivity index (χ0) is 18.6. The Morgan fingerprint density at radius 1 is 1.04 bits per heavy atom. The predicted molar refractivity (Wildman–Crippen MR) is 87.8 cm³/mol. The van der Waals surface area contributed by atoms with Gasteiger partial charge in [0.15, 0.2) is 11.6 Å². The molecule has 1 unspecified atom stereocenters. The highest BCUT2D eigenvalue weighted by Crippen LogP contribution is 2.40. The van der Waals surface area contributed by atoms with E-state index in [2.05, 4.69) is 20.9 Å². The minimum atomic E-state index is -4.30. The van der Waals surface area contributed by atoms with Crippen molar-refractivity contribution in [2.45, 2.75) is 24.3 Å². The van der Waals surface area contributed by atoms with Gasteiger partial charge in [-0.05, 0) is 51.9 Å². The van der Waals surface area contributed by atoms with Crippen molar-refractivity contribution in [3.8, 4) is 0 Å². The van der Waals surface area contributed by atoms with Crippen molar-refractivity contribution in [3.05, 3.63) is 63.6 Å². The van der Waals surface area contributed by atoms with E-state index >= 15 is 0 Å². The maximum Gasteiger partial charge on any atom is 0.389 e. The number of hydrogen-bond donors (Lipinski definition) is 0. The second-order valence-corrected chi connectivity index (χ2v) is 7.17. The standard InChI is InChI=1S/C16H12BrF6NS/c17-12-5-2-9(8-24-12)15(25-7-1-6-16(21,22)23)13-10(18)3-4-11(19)14(13)20/h2-5,8,15H,1,6-7H2. The predicted octanol–water partition coefficient (Wildman–Crippen LogP) is 6.43. The van der Waals surface area contributed by atoms with Gasteiger partial charge in [0, 0.05) is 18.2 Å². The molecule has 0 bridgehead atoms. The largest absolute Gasteiger partial charge is 0.389 e. The molecule has 1 aromatic heterocycles. The average Bonchev–Trinajstić information content (AvgIpc) is 2.53. The monoisotopic (exact) mass is 443 g/mol. The summed E-state index contributed by atoms with van der Waals surface area (Å²) in [4.78, 5) is 3.96. The maximum absolute atomic E-state index is 14.1. The molecule has 1 nitrogen and oxygen atoms in total. The maximum atomic E-state index is 14.1. The molecule has 9 heteroatoms. The highest BCUT2D eigenvalue weighted by Gasteiger charge is 2.28. The van der Waals surface area contributed by atoms with Gasteiger partial charge in [-0.15, -0.1) is 11.8 Å². The number of aromatic nitrogens is 1. The van der Waals surface area contributed by atoms with E-state index in [1.165, 1.54) is 18.3 Å². The molecule has 2 rings (SSSR count). The van der Waals surface area contributed by atoms with E-state index in [4.69, 9.17) is 0 Å². The van der Waals surface area contributed by atoms with Crippen LogP contribution in [0.4, 0.5) is 26.3 Å². The molecular weight excluding hydrogens is 432 g/mol. The van der Waals surface area contributed by atoms with E-state index in [-0.39, 0.29) is 12.2 Å². The van der Waals surface area contributed by atoms with Gasteiger partial charge in [-0.25, -0.2) is 18.2 Å². The van der Waals surface area contributed by atoms with Crippen LogP contribution < -0.4 is 0 Å². The van der Waals surface area contributed by atoms with E-state index in [1.54, 1.807) is 0 Å². The van der Waals surface area contributed by atoms with Crippen LogP contribution in [-0.4, -0.2) is 16.9 Å². The summed E-state index contributed by atoms with van der Waals surface area (Å²) in [6.45, 7) is 0. The Hall–Kier alpha value is -1.22. The first-order valence-corrected chi connectivity index (χ1v) is 8.96. The second-order valence-electron chi connectivity index (χ2n) is 5.14. The van der Waals surface area contributed by atoms with Crippen LogP contribution in [0, 0.1) is 17.5 Å². The molecule has 0 aliphatic rings. The first kappa shape index (κ1) is 20.1. The van der Waals surface area contributed by atoms with E-state index in [0.29, 0.717) is 16.2 Å². The Bertz CT molecular complexity index is 720. The molecule has 0 radical (unpaired) electrons. The van der Waals surface area contributed by atoms with Crippen LogP contribution in [0.3, 0.4) is 0 Å². The molecule has 0 spiro atoms. The van der Waals surface area contributed by atoms with Gasteiger partial charge in [0.2, 0.25) is 0 Å². The van der Waals surface area contributed by atoms with E-state index in [0.717, 1.165) is 17.8 Å². The van der Waals surface area contributed by atoms with Crippen LogP contribution in [0.25, 0.3) is 0 Å². The fraction of sp³-hybridized carbons (Fsp3) is 0.312.